The molecule has 0 aliphatic carbocycles. The van der Waals surface area contributed by atoms with E-state index in [-0.39, 0.29) is 22.8 Å². The van der Waals surface area contributed by atoms with E-state index in [1.807, 2.05) is 44.2 Å². The maximum atomic E-state index is 12.2. The Morgan fingerprint density at radius 2 is 1.68 bits per heavy atom. The van der Waals surface area contributed by atoms with Gasteiger partial charge in [-0.05, 0) is 50.6 Å². The number of anilines is 2. The highest BCUT2D eigenvalue weighted by atomic mass is 35.5. The zero-order valence-electron chi connectivity index (χ0n) is 14.4. The Bertz CT molecular complexity index is 763. The number of carbonyl (C=O) groups is 2. The van der Waals surface area contributed by atoms with Gasteiger partial charge in [-0.15, -0.1) is 11.8 Å². The molecule has 2 aromatic carbocycles. The molecule has 6 heteroatoms. The van der Waals surface area contributed by atoms with E-state index in [2.05, 4.69) is 10.6 Å². The predicted molar refractivity (Wildman–Crippen MR) is 107 cm³/mol. The van der Waals surface area contributed by atoms with Gasteiger partial charge in [0.15, 0.2) is 0 Å². The Hall–Kier alpha value is -1.98. The van der Waals surface area contributed by atoms with E-state index in [1.54, 1.807) is 19.1 Å². The average molecular weight is 377 g/mol. The van der Waals surface area contributed by atoms with Crippen LogP contribution in [-0.4, -0.2) is 22.8 Å². The third-order valence-corrected chi connectivity index (χ3v) is 5.01. The molecule has 0 aliphatic heterocycles. The summed E-state index contributed by atoms with van der Waals surface area (Å²) in [5.74, 6) is -0.120. The van der Waals surface area contributed by atoms with Crippen molar-refractivity contribution in [2.24, 2.45) is 0 Å². The molecule has 2 N–H and O–H groups in total. The summed E-state index contributed by atoms with van der Waals surface area (Å²) in [6.07, 6.45) is 0. The number of benzene rings is 2. The predicted octanol–water partition coefficient (Wildman–Crippen LogP) is 4.66. The van der Waals surface area contributed by atoms with Crippen molar-refractivity contribution >= 4 is 46.6 Å². The molecule has 25 heavy (non-hydrogen) atoms. The lowest BCUT2D eigenvalue weighted by molar-refractivity contribution is -0.115. The second-order valence-electron chi connectivity index (χ2n) is 5.84. The number of hydrogen-bond acceptors (Lipinski definition) is 3. The molecule has 132 valence electrons. The summed E-state index contributed by atoms with van der Waals surface area (Å²) in [5.41, 5.74) is 3.49. The van der Waals surface area contributed by atoms with Crippen LogP contribution in [0.25, 0.3) is 0 Å². The number of halogens is 1. The van der Waals surface area contributed by atoms with Crippen LogP contribution in [0, 0.1) is 13.8 Å². The average Bonchev–Trinajstić information content (AvgIpc) is 2.57. The van der Waals surface area contributed by atoms with Crippen LogP contribution >= 0.6 is 23.4 Å². The molecule has 1 atom stereocenters. The van der Waals surface area contributed by atoms with Gasteiger partial charge in [0.2, 0.25) is 11.8 Å². The van der Waals surface area contributed by atoms with Crippen LogP contribution in [0.15, 0.2) is 42.5 Å². The summed E-state index contributed by atoms with van der Waals surface area (Å²) in [6.45, 7) is 5.69. The Labute approximate surface area is 157 Å². The van der Waals surface area contributed by atoms with E-state index >= 15 is 0 Å². The van der Waals surface area contributed by atoms with Crippen molar-refractivity contribution in [1.29, 1.82) is 0 Å². The number of hydrogen-bond donors (Lipinski definition) is 2. The van der Waals surface area contributed by atoms with Crippen LogP contribution in [0.3, 0.4) is 0 Å². The molecule has 2 rings (SSSR count). The Kier molecular flexibility index (Phi) is 6.91. The molecule has 0 aliphatic rings. The fourth-order valence-corrected chi connectivity index (χ4v) is 3.03. The quantitative estimate of drug-likeness (QED) is 0.771. The van der Waals surface area contributed by atoms with Crippen LogP contribution in [0.4, 0.5) is 11.4 Å². The molecular weight excluding hydrogens is 356 g/mol. The second-order valence-corrected chi connectivity index (χ2v) is 7.58. The first-order valence-electron chi connectivity index (χ1n) is 7.90. The van der Waals surface area contributed by atoms with E-state index in [1.165, 1.54) is 11.8 Å². The van der Waals surface area contributed by atoms with Crippen LogP contribution in [0.1, 0.15) is 18.1 Å². The molecule has 0 heterocycles. The van der Waals surface area contributed by atoms with Crippen LogP contribution < -0.4 is 10.6 Å². The molecule has 0 aromatic heterocycles. The molecular formula is C19H21ClN2O2S. The fraction of sp³-hybridized carbons (Fsp3) is 0.263. The first-order chi connectivity index (χ1) is 11.8. The highest BCUT2D eigenvalue weighted by Crippen LogP contribution is 2.24. The van der Waals surface area contributed by atoms with Crippen LogP contribution in [0.5, 0.6) is 0 Å². The minimum absolute atomic E-state index is 0.137. The Morgan fingerprint density at radius 3 is 2.32 bits per heavy atom. The topological polar surface area (TPSA) is 58.2 Å². The fourth-order valence-electron chi connectivity index (χ4n) is 2.07. The van der Waals surface area contributed by atoms with E-state index in [9.17, 15) is 9.59 Å². The van der Waals surface area contributed by atoms with Gasteiger partial charge in [-0.25, -0.2) is 0 Å². The zero-order valence-corrected chi connectivity index (χ0v) is 16.0. The first-order valence-corrected chi connectivity index (χ1v) is 9.33. The van der Waals surface area contributed by atoms with Crippen molar-refractivity contribution in [1.82, 2.24) is 0 Å². The Morgan fingerprint density at radius 1 is 1.04 bits per heavy atom. The van der Waals surface area contributed by atoms with Gasteiger partial charge in [0, 0.05) is 5.69 Å². The number of aryl methyl sites for hydroxylation is 2. The highest BCUT2D eigenvalue weighted by Gasteiger charge is 2.16. The molecule has 1 unspecified atom stereocenters. The second kappa shape index (κ2) is 8.92. The van der Waals surface area contributed by atoms with Crippen molar-refractivity contribution in [2.45, 2.75) is 26.0 Å². The van der Waals surface area contributed by atoms with Crippen molar-refractivity contribution < 1.29 is 9.59 Å². The molecule has 2 amide bonds. The largest absolute Gasteiger partial charge is 0.325 e. The SMILES string of the molecule is Cc1ccc(NC(=O)CSC(C)C(=O)Nc2ccc(C)cc2Cl)cc1. The third-order valence-electron chi connectivity index (χ3n) is 3.55. The smallest absolute Gasteiger partial charge is 0.237 e. The van der Waals surface area contributed by atoms with E-state index in [0.29, 0.717) is 10.7 Å². The van der Waals surface area contributed by atoms with Gasteiger partial charge in [-0.3, -0.25) is 9.59 Å². The minimum atomic E-state index is -0.374. The molecule has 2 aromatic rings. The van der Waals surface area contributed by atoms with Crippen LogP contribution in [0.2, 0.25) is 5.02 Å². The number of amides is 2. The third kappa shape index (κ3) is 6.11. The lowest BCUT2D eigenvalue weighted by Crippen LogP contribution is -2.25. The summed E-state index contributed by atoms with van der Waals surface area (Å²) < 4.78 is 0. The summed E-state index contributed by atoms with van der Waals surface area (Å²) in [4.78, 5) is 24.2. The van der Waals surface area contributed by atoms with Gasteiger partial charge in [0.25, 0.3) is 0 Å². The number of nitrogens with one attached hydrogen (secondary N) is 2. The maximum Gasteiger partial charge on any atom is 0.237 e. The van der Waals surface area contributed by atoms with Gasteiger partial charge in [-0.2, -0.15) is 0 Å². The van der Waals surface area contributed by atoms with Crippen molar-refractivity contribution in [3.63, 3.8) is 0 Å². The van der Waals surface area contributed by atoms with Gasteiger partial charge < -0.3 is 10.6 Å². The van der Waals surface area contributed by atoms with Gasteiger partial charge in [-0.1, -0.05) is 35.4 Å². The summed E-state index contributed by atoms with van der Waals surface area (Å²) in [7, 11) is 0. The van der Waals surface area contributed by atoms with Gasteiger partial charge >= 0.3 is 0 Å². The maximum absolute atomic E-state index is 12.2. The van der Waals surface area contributed by atoms with Crippen molar-refractivity contribution in [3.8, 4) is 0 Å². The zero-order chi connectivity index (χ0) is 18.4. The van der Waals surface area contributed by atoms with Gasteiger partial charge in [0.1, 0.15) is 0 Å². The lowest BCUT2D eigenvalue weighted by atomic mass is 10.2. The molecule has 0 fully saturated rings. The number of carbonyl (C=O) groups excluding carboxylic acids is 2. The molecule has 0 saturated heterocycles. The molecule has 0 radical (unpaired) electrons. The molecule has 0 bridgehead atoms. The molecule has 0 spiro atoms. The van der Waals surface area contributed by atoms with Crippen molar-refractivity contribution in [2.75, 3.05) is 16.4 Å². The molecule has 4 nitrogen and oxygen atoms in total. The number of rotatable bonds is 6. The Balaban J connectivity index is 1.82. The van der Waals surface area contributed by atoms with E-state index in [0.717, 1.165) is 16.8 Å². The normalized spacial score (nSPS) is 11.7. The summed E-state index contributed by atoms with van der Waals surface area (Å²) >= 11 is 7.40. The first kappa shape index (κ1) is 19.3. The number of thioether (sulfide) groups is 1. The van der Waals surface area contributed by atoms with Crippen LogP contribution in [-0.2, 0) is 9.59 Å². The highest BCUT2D eigenvalue weighted by molar-refractivity contribution is 8.01. The summed E-state index contributed by atoms with van der Waals surface area (Å²) in [5, 5.41) is 5.74. The van der Waals surface area contributed by atoms with E-state index < -0.39 is 0 Å². The monoisotopic (exact) mass is 376 g/mol. The van der Waals surface area contributed by atoms with Crippen molar-refractivity contribution in [3.05, 3.63) is 58.6 Å². The standard InChI is InChI=1S/C19H21ClN2O2S/c1-12-4-7-15(8-5-12)21-18(23)11-25-14(3)19(24)22-17-9-6-13(2)10-16(17)20/h4-10,14H,11H2,1-3H3,(H,21,23)(H,22,24). The lowest BCUT2D eigenvalue weighted by Gasteiger charge is -2.13. The molecule has 0 saturated carbocycles. The minimum Gasteiger partial charge on any atom is -0.325 e. The van der Waals surface area contributed by atoms with Gasteiger partial charge in [0.05, 0.1) is 21.7 Å². The van der Waals surface area contributed by atoms with E-state index in [4.69, 9.17) is 11.6 Å². The summed E-state index contributed by atoms with van der Waals surface area (Å²) in [6, 6.07) is 13.0.